The maximum absolute atomic E-state index is 12.7. The van der Waals surface area contributed by atoms with Crippen molar-refractivity contribution < 1.29 is 38.1 Å². The van der Waals surface area contributed by atoms with Crippen molar-refractivity contribution in [1.82, 2.24) is 0 Å². The number of carbonyl (C=O) groups is 4. The number of nitrogens with two attached hydrogens (primary N) is 1. The SMILES string of the molecule is C[C@H](OC(=O)CC(C)(C)C)[C@H](C)OC(=O)[C@@H](N)Cc1ccc(OC(=O)CC(C)(C)C)c(OC(=O)CC(C)(C)C)c1. The number of carbonyl (C=O) groups excluding carboxylic acids is 4. The molecule has 0 spiro atoms. The summed E-state index contributed by atoms with van der Waals surface area (Å²) in [4.78, 5) is 49.9. The molecule has 0 amide bonds. The highest BCUT2D eigenvalue weighted by Gasteiger charge is 2.27. The minimum absolute atomic E-state index is 0.0716. The number of hydrogen-bond acceptors (Lipinski definition) is 9. The van der Waals surface area contributed by atoms with Gasteiger partial charge in [-0.25, -0.2) is 0 Å². The summed E-state index contributed by atoms with van der Waals surface area (Å²) in [6, 6.07) is 3.67. The standard InChI is InChI=1S/C31H49NO8/c1-19(37-25(33)16-29(3,4)5)20(2)38-28(36)22(32)14-21-12-13-23(39-26(34)17-30(6,7)8)24(15-21)40-27(35)18-31(9,10)11/h12-13,15,19-20,22H,14,16-18,32H2,1-11H3/t19-,20-,22-/m0/s1. The first-order chi connectivity index (χ1) is 18.0. The fraction of sp³-hybridized carbons (Fsp3) is 0.677. The van der Waals surface area contributed by atoms with Gasteiger partial charge in [-0.3, -0.25) is 19.2 Å². The average molecular weight is 564 g/mol. The molecule has 0 radical (unpaired) electrons. The molecule has 226 valence electrons. The maximum atomic E-state index is 12.7. The van der Waals surface area contributed by atoms with Gasteiger partial charge in [-0.15, -0.1) is 0 Å². The van der Waals surface area contributed by atoms with E-state index in [1.54, 1.807) is 19.9 Å². The van der Waals surface area contributed by atoms with Crippen LogP contribution in [0.1, 0.15) is 101 Å². The van der Waals surface area contributed by atoms with E-state index < -0.39 is 36.2 Å². The molecule has 0 fully saturated rings. The largest absolute Gasteiger partial charge is 0.459 e. The number of rotatable bonds is 11. The van der Waals surface area contributed by atoms with Crippen molar-refractivity contribution >= 4 is 23.9 Å². The predicted molar refractivity (Wildman–Crippen MR) is 153 cm³/mol. The van der Waals surface area contributed by atoms with Crippen molar-refractivity contribution in [3.05, 3.63) is 23.8 Å². The van der Waals surface area contributed by atoms with Gasteiger partial charge >= 0.3 is 23.9 Å². The minimum atomic E-state index is -1.03. The van der Waals surface area contributed by atoms with Crippen LogP contribution in [0.25, 0.3) is 0 Å². The van der Waals surface area contributed by atoms with Gasteiger partial charge < -0.3 is 24.7 Å². The lowest BCUT2D eigenvalue weighted by atomic mass is 9.92. The summed E-state index contributed by atoms with van der Waals surface area (Å²) < 4.78 is 22.0. The summed E-state index contributed by atoms with van der Waals surface area (Å²) >= 11 is 0. The van der Waals surface area contributed by atoms with Gasteiger partial charge in [-0.05, 0) is 54.2 Å². The van der Waals surface area contributed by atoms with Crippen LogP contribution in [0.5, 0.6) is 11.5 Å². The van der Waals surface area contributed by atoms with Gasteiger partial charge in [-0.1, -0.05) is 68.4 Å². The molecule has 0 bridgehead atoms. The molecule has 2 N–H and O–H groups in total. The summed E-state index contributed by atoms with van der Waals surface area (Å²) in [6.45, 7) is 20.6. The molecule has 0 aliphatic rings. The van der Waals surface area contributed by atoms with Crippen molar-refractivity contribution in [3.63, 3.8) is 0 Å². The highest BCUT2D eigenvalue weighted by molar-refractivity contribution is 5.78. The second-order valence-corrected chi connectivity index (χ2v) is 14.1. The maximum Gasteiger partial charge on any atom is 0.323 e. The minimum Gasteiger partial charge on any atom is -0.459 e. The normalized spacial score (nSPS) is 14.5. The molecule has 40 heavy (non-hydrogen) atoms. The Labute approximate surface area is 239 Å². The van der Waals surface area contributed by atoms with Crippen LogP contribution in [0.4, 0.5) is 0 Å². The summed E-state index contributed by atoms with van der Waals surface area (Å²) in [5.74, 6) is -1.80. The van der Waals surface area contributed by atoms with Gasteiger partial charge in [0.15, 0.2) is 11.5 Å². The van der Waals surface area contributed by atoms with Crippen LogP contribution >= 0.6 is 0 Å². The van der Waals surface area contributed by atoms with E-state index >= 15 is 0 Å². The van der Waals surface area contributed by atoms with Crippen LogP contribution < -0.4 is 15.2 Å². The number of esters is 4. The molecule has 0 saturated heterocycles. The molecule has 1 aromatic rings. The molecule has 0 heterocycles. The number of benzene rings is 1. The van der Waals surface area contributed by atoms with Crippen LogP contribution in [0, 0.1) is 16.2 Å². The zero-order valence-corrected chi connectivity index (χ0v) is 26.1. The third-order valence-corrected chi connectivity index (χ3v) is 5.52. The lowest BCUT2D eigenvalue weighted by Crippen LogP contribution is -2.39. The summed E-state index contributed by atoms with van der Waals surface area (Å²) in [5, 5.41) is 0. The smallest absolute Gasteiger partial charge is 0.323 e. The quantitative estimate of drug-likeness (QED) is 0.272. The molecule has 3 atom stereocenters. The molecule has 0 aromatic heterocycles. The van der Waals surface area contributed by atoms with Gasteiger partial charge in [0.1, 0.15) is 18.2 Å². The van der Waals surface area contributed by atoms with E-state index in [1.165, 1.54) is 12.1 Å². The Morgan fingerprint density at radius 1 is 0.675 bits per heavy atom. The van der Waals surface area contributed by atoms with E-state index in [2.05, 4.69) is 0 Å². The van der Waals surface area contributed by atoms with E-state index in [1.807, 2.05) is 62.3 Å². The highest BCUT2D eigenvalue weighted by atomic mass is 16.6. The monoisotopic (exact) mass is 563 g/mol. The van der Waals surface area contributed by atoms with Crippen molar-refractivity contribution in [2.45, 2.75) is 120 Å². The lowest BCUT2D eigenvalue weighted by Gasteiger charge is -2.24. The highest BCUT2D eigenvalue weighted by Crippen LogP contribution is 2.32. The molecular weight excluding hydrogens is 514 g/mol. The van der Waals surface area contributed by atoms with Crippen LogP contribution in [-0.4, -0.2) is 42.1 Å². The Morgan fingerprint density at radius 3 is 1.57 bits per heavy atom. The van der Waals surface area contributed by atoms with Crippen molar-refractivity contribution in [1.29, 1.82) is 0 Å². The summed E-state index contributed by atoms with van der Waals surface area (Å²) in [5.41, 5.74) is 5.89. The van der Waals surface area contributed by atoms with Crippen LogP contribution in [0.15, 0.2) is 18.2 Å². The molecule has 9 heteroatoms. The second kappa shape index (κ2) is 14.1. The first kappa shape index (κ1) is 35.1. The lowest BCUT2D eigenvalue weighted by molar-refractivity contribution is -0.167. The van der Waals surface area contributed by atoms with Crippen LogP contribution in [0.2, 0.25) is 0 Å². The molecule has 0 saturated carbocycles. The zero-order valence-electron chi connectivity index (χ0n) is 26.1. The fourth-order valence-electron chi connectivity index (χ4n) is 3.51. The topological polar surface area (TPSA) is 131 Å². The fourth-order valence-corrected chi connectivity index (χ4v) is 3.51. The molecule has 0 aliphatic carbocycles. The Balaban J connectivity index is 2.98. The zero-order chi connectivity index (χ0) is 31.1. The number of hydrogen-bond donors (Lipinski definition) is 1. The van der Waals surface area contributed by atoms with Crippen LogP contribution in [0.3, 0.4) is 0 Å². The predicted octanol–water partition coefficient (Wildman–Crippen LogP) is 5.54. The Kier molecular flexibility index (Phi) is 12.4. The van der Waals surface area contributed by atoms with E-state index in [9.17, 15) is 19.2 Å². The van der Waals surface area contributed by atoms with Gasteiger partial charge in [-0.2, -0.15) is 0 Å². The molecule has 1 rings (SSSR count). The van der Waals surface area contributed by atoms with Gasteiger partial charge in [0.2, 0.25) is 0 Å². The van der Waals surface area contributed by atoms with Crippen LogP contribution in [-0.2, 0) is 35.1 Å². The molecule has 0 aliphatic heterocycles. The van der Waals surface area contributed by atoms with Gasteiger partial charge in [0, 0.05) is 0 Å². The first-order valence-corrected chi connectivity index (χ1v) is 13.7. The molecule has 9 nitrogen and oxygen atoms in total. The van der Waals surface area contributed by atoms with Crippen molar-refractivity contribution in [2.75, 3.05) is 0 Å². The summed E-state index contributed by atoms with van der Waals surface area (Å²) in [6.07, 6.45) is -0.730. The Hall–Kier alpha value is -2.94. The second-order valence-electron chi connectivity index (χ2n) is 14.1. The molecule has 1 aromatic carbocycles. The third-order valence-electron chi connectivity index (χ3n) is 5.52. The Morgan fingerprint density at radius 2 is 1.10 bits per heavy atom. The van der Waals surface area contributed by atoms with Crippen molar-refractivity contribution in [2.24, 2.45) is 22.0 Å². The summed E-state index contributed by atoms with van der Waals surface area (Å²) in [7, 11) is 0. The van der Waals surface area contributed by atoms with Gasteiger partial charge in [0.05, 0.1) is 19.3 Å². The first-order valence-electron chi connectivity index (χ1n) is 13.7. The van der Waals surface area contributed by atoms with Gasteiger partial charge in [0.25, 0.3) is 0 Å². The number of ether oxygens (including phenoxy) is 4. The van der Waals surface area contributed by atoms with E-state index in [4.69, 9.17) is 24.7 Å². The average Bonchev–Trinajstić information content (AvgIpc) is 2.71. The van der Waals surface area contributed by atoms with E-state index in [0.29, 0.717) is 5.56 Å². The third kappa shape index (κ3) is 14.4. The van der Waals surface area contributed by atoms with Crippen molar-refractivity contribution in [3.8, 4) is 11.5 Å². The van der Waals surface area contributed by atoms with E-state index in [-0.39, 0.29) is 59.4 Å². The molecule has 0 unspecified atom stereocenters. The Bertz CT molecular complexity index is 1040. The van der Waals surface area contributed by atoms with E-state index in [0.717, 1.165) is 0 Å². The molecular formula is C31H49NO8.